The average molecular weight is 272 g/mol. The van der Waals surface area contributed by atoms with Gasteiger partial charge in [0.15, 0.2) is 0 Å². The van der Waals surface area contributed by atoms with E-state index in [1.807, 2.05) is 6.26 Å². The maximum Gasteiger partial charge on any atom is 0.237 e. The molecule has 0 bridgehead atoms. The maximum atomic E-state index is 12.0. The molecule has 1 saturated carbocycles. The van der Waals surface area contributed by atoms with Crippen LogP contribution >= 0.6 is 11.8 Å². The van der Waals surface area contributed by atoms with Gasteiger partial charge in [-0.15, -0.1) is 0 Å². The number of fused-ring (bicyclic) bond motifs is 1. The third kappa shape index (κ3) is 3.39. The Morgan fingerprint density at radius 3 is 3.11 bits per heavy atom. The molecule has 1 saturated heterocycles. The molecule has 0 radical (unpaired) electrons. The number of carbonyl (C=O) groups excluding carboxylic acids is 1. The van der Waals surface area contributed by atoms with Crippen molar-refractivity contribution < 1.29 is 9.53 Å². The van der Waals surface area contributed by atoms with Gasteiger partial charge in [0.1, 0.15) is 0 Å². The van der Waals surface area contributed by atoms with E-state index >= 15 is 0 Å². The molecule has 1 aliphatic carbocycles. The number of nitrogens with two attached hydrogens (primary N) is 1. The highest BCUT2D eigenvalue weighted by Crippen LogP contribution is 2.34. The summed E-state index contributed by atoms with van der Waals surface area (Å²) in [5, 5.41) is 3.15. The zero-order valence-corrected chi connectivity index (χ0v) is 11.9. The van der Waals surface area contributed by atoms with Crippen molar-refractivity contribution in [2.24, 2.45) is 11.7 Å². The second kappa shape index (κ2) is 6.78. The van der Waals surface area contributed by atoms with Crippen LogP contribution in [-0.2, 0) is 9.53 Å². The van der Waals surface area contributed by atoms with Crippen molar-refractivity contribution in [2.75, 3.05) is 18.6 Å². The second-order valence-electron chi connectivity index (χ2n) is 5.30. The number of carbonyl (C=O) groups is 1. The van der Waals surface area contributed by atoms with E-state index in [4.69, 9.17) is 10.5 Å². The van der Waals surface area contributed by atoms with E-state index in [0.29, 0.717) is 12.0 Å². The lowest BCUT2D eigenvalue weighted by Gasteiger charge is -2.33. The summed E-state index contributed by atoms with van der Waals surface area (Å²) in [4.78, 5) is 12.0. The van der Waals surface area contributed by atoms with Crippen molar-refractivity contribution in [3.05, 3.63) is 0 Å². The molecule has 1 aliphatic heterocycles. The number of nitrogens with one attached hydrogen (secondary N) is 1. The van der Waals surface area contributed by atoms with E-state index in [-0.39, 0.29) is 18.0 Å². The Hall–Kier alpha value is -0.260. The van der Waals surface area contributed by atoms with E-state index in [1.165, 1.54) is 0 Å². The van der Waals surface area contributed by atoms with Gasteiger partial charge in [0.05, 0.1) is 12.1 Å². The third-order valence-corrected chi connectivity index (χ3v) is 4.72. The minimum Gasteiger partial charge on any atom is -0.378 e. The molecule has 2 fully saturated rings. The van der Waals surface area contributed by atoms with Gasteiger partial charge in [-0.25, -0.2) is 0 Å². The Balaban J connectivity index is 1.82. The highest BCUT2D eigenvalue weighted by molar-refractivity contribution is 7.98. The molecule has 5 heteroatoms. The largest absolute Gasteiger partial charge is 0.378 e. The molecule has 0 aromatic rings. The third-order valence-electron chi connectivity index (χ3n) is 4.08. The van der Waals surface area contributed by atoms with Gasteiger partial charge in [-0.2, -0.15) is 11.8 Å². The molecule has 4 atom stereocenters. The summed E-state index contributed by atoms with van der Waals surface area (Å²) in [5.41, 5.74) is 5.90. The molecule has 18 heavy (non-hydrogen) atoms. The van der Waals surface area contributed by atoms with Crippen LogP contribution in [0.5, 0.6) is 0 Å². The van der Waals surface area contributed by atoms with Crippen molar-refractivity contribution in [1.82, 2.24) is 5.32 Å². The maximum absolute atomic E-state index is 12.0. The van der Waals surface area contributed by atoms with Gasteiger partial charge >= 0.3 is 0 Å². The van der Waals surface area contributed by atoms with E-state index in [1.54, 1.807) is 11.8 Å². The molecular formula is C13H24N2O2S. The first-order valence-corrected chi connectivity index (χ1v) is 8.28. The van der Waals surface area contributed by atoms with Gasteiger partial charge in [-0.05, 0) is 44.1 Å². The Morgan fingerprint density at radius 2 is 2.33 bits per heavy atom. The normalized spacial score (nSPS) is 32.9. The van der Waals surface area contributed by atoms with Crippen LogP contribution in [-0.4, -0.2) is 42.7 Å². The van der Waals surface area contributed by atoms with Crippen molar-refractivity contribution in [1.29, 1.82) is 0 Å². The van der Waals surface area contributed by atoms with Gasteiger partial charge in [0, 0.05) is 18.6 Å². The molecule has 1 amide bonds. The van der Waals surface area contributed by atoms with Crippen LogP contribution in [0.25, 0.3) is 0 Å². The summed E-state index contributed by atoms with van der Waals surface area (Å²) < 4.78 is 5.71. The molecule has 0 aromatic heterocycles. The molecule has 0 aromatic carbocycles. The SMILES string of the molecule is CSCC[C@H](N)C(=O)NC1CCCC2OCCC12. The molecule has 2 aliphatic rings. The van der Waals surface area contributed by atoms with E-state index in [9.17, 15) is 4.79 Å². The molecule has 104 valence electrons. The summed E-state index contributed by atoms with van der Waals surface area (Å²) >= 11 is 1.73. The summed E-state index contributed by atoms with van der Waals surface area (Å²) in [6, 6.07) is -0.0840. The van der Waals surface area contributed by atoms with Crippen LogP contribution in [0.4, 0.5) is 0 Å². The predicted molar refractivity (Wildman–Crippen MR) is 74.6 cm³/mol. The number of hydrogen-bond donors (Lipinski definition) is 2. The summed E-state index contributed by atoms with van der Waals surface area (Å²) in [6.45, 7) is 0.847. The molecule has 2 rings (SSSR count). The highest BCUT2D eigenvalue weighted by Gasteiger charge is 2.38. The standard InChI is InChI=1S/C13H24N2O2S/c1-18-8-6-10(14)13(16)15-11-3-2-4-12-9(11)5-7-17-12/h9-12H,2-8,14H2,1H3,(H,15,16)/t9?,10-,11?,12?/m0/s1. The predicted octanol–water partition coefficient (Wildman–Crippen LogP) is 1.14. The topological polar surface area (TPSA) is 64.4 Å². The number of hydrogen-bond acceptors (Lipinski definition) is 4. The van der Waals surface area contributed by atoms with Crippen LogP contribution < -0.4 is 11.1 Å². The van der Waals surface area contributed by atoms with Crippen LogP contribution in [0.15, 0.2) is 0 Å². The van der Waals surface area contributed by atoms with Crippen LogP contribution in [0.1, 0.15) is 32.1 Å². The zero-order valence-electron chi connectivity index (χ0n) is 11.1. The van der Waals surface area contributed by atoms with Gasteiger partial charge in [0.25, 0.3) is 0 Å². The van der Waals surface area contributed by atoms with Crippen molar-refractivity contribution >= 4 is 17.7 Å². The lowest BCUT2D eigenvalue weighted by Crippen LogP contribution is -2.51. The number of ether oxygens (including phenoxy) is 1. The average Bonchev–Trinajstić information content (AvgIpc) is 2.85. The lowest BCUT2D eigenvalue weighted by atomic mass is 9.81. The Bertz CT molecular complexity index is 288. The minimum absolute atomic E-state index is 0.0154. The van der Waals surface area contributed by atoms with Gasteiger partial charge in [-0.1, -0.05) is 0 Å². The molecule has 4 nitrogen and oxygen atoms in total. The minimum atomic E-state index is -0.361. The fourth-order valence-corrected chi connectivity index (χ4v) is 3.51. The van der Waals surface area contributed by atoms with E-state index in [2.05, 4.69) is 5.32 Å². The van der Waals surface area contributed by atoms with Crippen molar-refractivity contribution in [3.63, 3.8) is 0 Å². The van der Waals surface area contributed by atoms with Crippen LogP contribution in [0.2, 0.25) is 0 Å². The zero-order chi connectivity index (χ0) is 13.0. The lowest BCUT2D eigenvalue weighted by molar-refractivity contribution is -0.124. The van der Waals surface area contributed by atoms with E-state index in [0.717, 1.165) is 44.5 Å². The fourth-order valence-electron chi connectivity index (χ4n) is 3.02. The highest BCUT2D eigenvalue weighted by atomic mass is 32.2. The summed E-state index contributed by atoms with van der Waals surface area (Å²) in [6.07, 6.45) is 7.60. The van der Waals surface area contributed by atoms with Crippen molar-refractivity contribution in [2.45, 2.75) is 50.3 Å². The molecule has 3 unspecified atom stereocenters. The molecule has 3 N–H and O–H groups in total. The van der Waals surface area contributed by atoms with Gasteiger partial charge in [-0.3, -0.25) is 4.79 Å². The van der Waals surface area contributed by atoms with Gasteiger partial charge in [0.2, 0.25) is 5.91 Å². The Morgan fingerprint density at radius 1 is 1.50 bits per heavy atom. The fraction of sp³-hybridized carbons (Fsp3) is 0.923. The Labute approximate surface area is 113 Å². The molecule has 1 heterocycles. The quantitative estimate of drug-likeness (QED) is 0.788. The first-order chi connectivity index (χ1) is 8.72. The molecular weight excluding hydrogens is 248 g/mol. The van der Waals surface area contributed by atoms with Crippen LogP contribution in [0, 0.1) is 5.92 Å². The van der Waals surface area contributed by atoms with E-state index < -0.39 is 0 Å². The van der Waals surface area contributed by atoms with Gasteiger partial charge < -0.3 is 15.8 Å². The summed E-state index contributed by atoms with van der Waals surface area (Å²) in [7, 11) is 0. The molecule has 0 spiro atoms. The Kier molecular flexibility index (Phi) is 5.33. The smallest absolute Gasteiger partial charge is 0.237 e. The van der Waals surface area contributed by atoms with Crippen molar-refractivity contribution in [3.8, 4) is 0 Å². The first-order valence-electron chi connectivity index (χ1n) is 6.89. The first kappa shape index (κ1) is 14.2. The number of amides is 1. The van der Waals surface area contributed by atoms with Crippen LogP contribution in [0.3, 0.4) is 0 Å². The number of rotatable bonds is 5. The monoisotopic (exact) mass is 272 g/mol. The summed E-state index contributed by atoms with van der Waals surface area (Å²) in [5.74, 6) is 1.46. The second-order valence-corrected chi connectivity index (χ2v) is 6.28. The number of thioether (sulfide) groups is 1.